The molecule has 1 amide bonds. The number of hydrogen-bond donors (Lipinski definition) is 1. The Morgan fingerprint density at radius 2 is 1.88 bits per heavy atom. The molecule has 0 fully saturated rings. The van der Waals surface area contributed by atoms with Gasteiger partial charge in [-0.05, 0) is 49.6 Å². The quantitative estimate of drug-likeness (QED) is 0.704. The molecule has 3 rings (SSSR count). The molecule has 0 unspecified atom stereocenters. The van der Waals surface area contributed by atoms with Crippen LogP contribution in [-0.4, -0.2) is 10.9 Å². The van der Waals surface area contributed by atoms with E-state index in [9.17, 15) is 4.79 Å². The molecule has 0 saturated heterocycles. The first-order valence-electron chi connectivity index (χ1n) is 8.40. The molecule has 24 heavy (non-hydrogen) atoms. The van der Waals surface area contributed by atoms with Crippen molar-refractivity contribution < 1.29 is 9.21 Å². The first kappa shape index (κ1) is 16.2. The summed E-state index contributed by atoms with van der Waals surface area (Å²) in [5, 5.41) is 3.05. The maximum atomic E-state index is 12.4. The molecule has 0 spiro atoms. The number of para-hydroxylation sites is 2. The van der Waals surface area contributed by atoms with Gasteiger partial charge in [-0.25, -0.2) is 4.98 Å². The van der Waals surface area contributed by atoms with Crippen LogP contribution in [0, 0.1) is 12.8 Å². The molecule has 0 aliphatic carbocycles. The van der Waals surface area contributed by atoms with Gasteiger partial charge in [-0.3, -0.25) is 4.79 Å². The number of anilines is 1. The number of aromatic nitrogens is 1. The number of nitrogens with zero attached hydrogens (tertiary/aromatic N) is 1. The number of benzene rings is 2. The monoisotopic (exact) mass is 322 g/mol. The van der Waals surface area contributed by atoms with Crippen molar-refractivity contribution in [2.45, 2.75) is 33.6 Å². The van der Waals surface area contributed by atoms with Crippen LogP contribution in [0.15, 0.2) is 46.9 Å². The predicted molar refractivity (Wildman–Crippen MR) is 96.9 cm³/mol. The second-order valence-electron chi connectivity index (χ2n) is 5.97. The van der Waals surface area contributed by atoms with Gasteiger partial charge in [0.2, 0.25) is 11.8 Å². The van der Waals surface area contributed by atoms with Crippen molar-refractivity contribution >= 4 is 22.7 Å². The second kappa shape index (κ2) is 6.87. The molecule has 0 radical (unpaired) electrons. The molecule has 1 aromatic heterocycles. The molecule has 4 nitrogen and oxygen atoms in total. The zero-order chi connectivity index (χ0) is 17.1. The van der Waals surface area contributed by atoms with Crippen molar-refractivity contribution in [2.75, 3.05) is 5.32 Å². The SMILES string of the molecule is CCC(CC)C(=O)Nc1cccc(-c2nc3ccccc3o2)c1C. The second-order valence-corrected chi connectivity index (χ2v) is 5.97. The summed E-state index contributed by atoms with van der Waals surface area (Å²) in [5.74, 6) is 0.683. The van der Waals surface area contributed by atoms with E-state index in [4.69, 9.17) is 4.42 Å². The van der Waals surface area contributed by atoms with Crippen LogP contribution < -0.4 is 5.32 Å². The smallest absolute Gasteiger partial charge is 0.227 e. The Labute approximate surface area is 141 Å². The van der Waals surface area contributed by atoms with Crippen molar-refractivity contribution in [1.82, 2.24) is 4.98 Å². The fourth-order valence-corrected chi connectivity index (χ4v) is 2.88. The van der Waals surface area contributed by atoms with Gasteiger partial charge in [-0.2, -0.15) is 0 Å². The molecule has 0 saturated carbocycles. The normalized spacial score (nSPS) is 11.2. The van der Waals surface area contributed by atoms with Crippen molar-refractivity contribution in [1.29, 1.82) is 0 Å². The minimum Gasteiger partial charge on any atom is -0.436 e. The number of rotatable bonds is 5. The lowest BCUT2D eigenvalue weighted by molar-refractivity contribution is -0.120. The maximum Gasteiger partial charge on any atom is 0.227 e. The zero-order valence-corrected chi connectivity index (χ0v) is 14.3. The molecule has 0 atom stereocenters. The molecule has 124 valence electrons. The highest BCUT2D eigenvalue weighted by Crippen LogP contribution is 2.30. The summed E-state index contributed by atoms with van der Waals surface area (Å²) in [6.45, 7) is 6.05. The van der Waals surface area contributed by atoms with E-state index in [1.54, 1.807) is 0 Å². The van der Waals surface area contributed by atoms with Crippen LogP contribution in [0.5, 0.6) is 0 Å². The van der Waals surface area contributed by atoms with Crippen LogP contribution in [0.2, 0.25) is 0 Å². The number of carbonyl (C=O) groups excluding carboxylic acids is 1. The Balaban J connectivity index is 1.94. The Morgan fingerprint density at radius 1 is 1.12 bits per heavy atom. The number of oxazole rings is 1. The van der Waals surface area contributed by atoms with E-state index in [2.05, 4.69) is 10.3 Å². The highest BCUT2D eigenvalue weighted by molar-refractivity contribution is 5.94. The molecule has 4 heteroatoms. The van der Waals surface area contributed by atoms with E-state index in [0.29, 0.717) is 5.89 Å². The first-order valence-corrected chi connectivity index (χ1v) is 8.40. The van der Waals surface area contributed by atoms with Crippen LogP contribution >= 0.6 is 0 Å². The van der Waals surface area contributed by atoms with Crippen LogP contribution in [0.25, 0.3) is 22.6 Å². The zero-order valence-electron chi connectivity index (χ0n) is 14.3. The first-order chi connectivity index (χ1) is 11.6. The van der Waals surface area contributed by atoms with Crippen LogP contribution in [-0.2, 0) is 4.79 Å². The van der Waals surface area contributed by atoms with Gasteiger partial charge in [-0.15, -0.1) is 0 Å². The lowest BCUT2D eigenvalue weighted by Gasteiger charge is -2.15. The third-order valence-corrected chi connectivity index (χ3v) is 4.47. The number of nitrogens with one attached hydrogen (secondary N) is 1. The van der Waals surface area contributed by atoms with Gasteiger partial charge >= 0.3 is 0 Å². The molecule has 1 N–H and O–H groups in total. The Kier molecular flexibility index (Phi) is 4.65. The molecule has 0 aliphatic heterocycles. The Bertz CT molecular complexity index is 830. The molecular formula is C20H22N2O2. The van der Waals surface area contributed by atoms with Gasteiger partial charge in [0, 0.05) is 17.2 Å². The summed E-state index contributed by atoms with van der Waals surface area (Å²) in [4.78, 5) is 16.9. The minimum absolute atomic E-state index is 0.0392. The van der Waals surface area contributed by atoms with Crippen LogP contribution in [0.3, 0.4) is 0 Å². The lowest BCUT2D eigenvalue weighted by Crippen LogP contribution is -2.22. The van der Waals surface area contributed by atoms with Gasteiger partial charge in [-0.1, -0.05) is 32.0 Å². The third kappa shape index (κ3) is 3.04. The van der Waals surface area contributed by atoms with Crippen LogP contribution in [0.1, 0.15) is 32.3 Å². The largest absolute Gasteiger partial charge is 0.436 e. The van der Waals surface area contributed by atoms with Crippen molar-refractivity contribution in [3.05, 3.63) is 48.0 Å². The number of fused-ring (bicyclic) bond motifs is 1. The average Bonchev–Trinajstić information content (AvgIpc) is 3.01. The van der Waals surface area contributed by atoms with Gasteiger partial charge < -0.3 is 9.73 Å². The summed E-state index contributed by atoms with van der Waals surface area (Å²) in [6, 6.07) is 13.5. The summed E-state index contributed by atoms with van der Waals surface area (Å²) in [6.07, 6.45) is 1.68. The lowest BCUT2D eigenvalue weighted by atomic mass is 10.0. The predicted octanol–water partition coefficient (Wildman–Crippen LogP) is 5.18. The summed E-state index contributed by atoms with van der Waals surface area (Å²) in [5.41, 5.74) is 4.26. The molecular weight excluding hydrogens is 300 g/mol. The Hall–Kier alpha value is -2.62. The number of carbonyl (C=O) groups is 1. The number of hydrogen-bond acceptors (Lipinski definition) is 3. The molecule has 2 aromatic carbocycles. The minimum atomic E-state index is 0.0392. The Morgan fingerprint density at radius 3 is 2.58 bits per heavy atom. The van der Waals surface area contributed by atoms with E-state index < -0.39 is 0 Å². The van der Waals surface area contributed by atoms with E-state index in [-0.39, 0.29) is 11.8 Å². The summed E-state index contributed by atoms with van der Waals surface area (Å²) >= 11 is 0. The topological polar surface area (TPSA) is 55.1 Å². The summed E-state index contributed by atoms with van der Waals surface area (Å²) in [7, 11) is 0. The van der Waals surface area contributed by atoms with Crippen molar-refractivity contribution in [2.24, 2.45) is 5.92 Å². The van der Waals surface area contributed by atoms with Crippen molar-refractivity contribution in [3.8, 4) is 11.5 Å². The fraction of sp³-hybridized carbons (Fsp3) is 0.300. The standard InChI is InChI=1S/C20H22N2O2/c1-4-14(5-2)19(23)21-16-11-8-9-15(13(16)3)20-22-17-10-6-7-12-18(17)24-20/h6-12,14H,4-5H2,1-3H3,(H,21,23). The van der Waals surface area contributed by atoms with Crippen LogP contribution in [0.4, 0.5) is 5.69 Å². The van der Waals surface area contributed by atoms with E-state index in [1.807, 2.05) is 63.2 Å². The molecule has 0 aliphatic rings. The molecule has 3 aromatic rings. The van der Waals surface area contributed by atoms with Gasteiger partial charge in [0.25, 0.3) is 0 Å². The average molecular weight is 322 g/mol. The third-order valence-electron chi connectivity index (χ3n) is 4.47. The summed E-state index contributed by atoms with van der Waals surface area (Å²) < 4.78 is 5.86. The highest BCUT2D eigenvalue weighted by atomic mass is 16.3. The van der Waals surface area contributed by atoms with E-state index in [1.165, 1.54) is 0 Å². The van der Waals surface area contributed by atoms with Crippen molar-refractivity contribution in [3.63, 3.8) is 0 Å². The molecule has 1 heterocycles. The van der Waals surface area contributed by atoms with Gasteiger partial charge in [0.15, 0.2) is 5.58 Å². The fourth-order valence-electron chi connectivity index (χ4n) is 2.88. The number of amides is 1. The highest BCUT2D eigenvalue weighted by Gasteiger charge is 2.17. The maximum absolute atomic E-state index is 12.4. The van der Waals surface area contributed by atoms with E-state index in [0.717, 1.165) is 40.8 Å². The van der Waals surface area contributed by atoms with Gasteiger partial charge in [0.1, 0.15) is 5.52 Å². The molecule has 0 bridgehead atoms. The van der Waals surface area contributed by atoms with Gasteiger partial charge in [0.05, 0.1) is 0 Å². The van der Waals surface area contributed by atoms with E-state index >= 15 is 0 Å².